The topological polar surface area (TPSA) is 76.1 Å². The van der Waals surface area contributed by atoms with Crippen LogP contribution in [0.5, 0.6) is 0 Å². The van der Waals surface area contributed by atoms with Crippen molar-refractivity contribution in [2.24, 2.45) is 0 Å². The first-order valence-electron chi connectivity index (χ1n) is 23.3. The van der Waals surface area contributed by atoms with E-state index in [1.165, 1.54) is 135 Å². The molecule has 0 fully saturated rings. The summed E-state index contributed by atoms with van der Waals surface area (Å²) in [7, 11) is 0. The van der Waals surface area contributed by atoms with E-state index in [1.807, 2.05) is 0 Å². The third-order valence-corrected chi connectivity index (χ3v) is 10.7. The molecule has 0 saturated carbocycles. The van der Waals surface area contributed by atoms with Crippen LogP contribution in [-0.4, -0.2) is 60.9 Å². The molecule has 0 rings (SSSR count). The van der Waals surface area contributed by atoms with Crippen LogP contribution < -0.4 is 0 Å². The summed E-state index contributed by atoms with van der Waals surface area (Å²) in [5.74, 6) is -0.0242. The molecule has 0 heterocycles. The lowest BCUT2D eigenvalue weighted by molar-refractivity contribution is -0.150. The molecule has 1 atom stereocenters. The second-order valence-corrected chi connectivity index (χ2v) is 15.9. The summed E-state index contributed by atoms with van der Waals surface area (Å²) < 4.78 is 11.5. The summed E-state index contributed by atoms with van der Waals surface area (Å²) in [6.45, 7) is 10.3. The third kappa shape index (κ3) is 38.6. The number of carbonyl (C=O) groups excluding carboxylic acids is 2. The summed E-state index contributed by atoms with van der Waals surface area (Å²) >= 11 is 0. The van der Waals surface area contributed by atoms with Gasteiger partial charge in [-0.05, 0) is 70.9 Å². The van der Waals surface area contributed by atoms with Gasteiger partial charge in [-0.15, -0.1) is 0 Å². The Hall–Kier alpha value is -1.14. The average Bonchev–Trinajstić information content (AvgIpc) is 3.14. The number of hydrogen-bond acceptors (Lipinski definition) is 6. The van der Waals surface area contributed by atoms with Crippen molar-refractivity contribution < 1.29 is 24.2 Å². The van der Waals surface area contributed by atoms with E-state index in [-0.39, 0.29) is 24.6 Å². The molecule has 0 aromatic heterocycles. The van der Waals surface area contributed by atoms with Crippen molar-refractivity contribution >= 4 is 11.9 Å². The number of ether oxygens (including phenoxy) is 2. The summed E-state index contributed by atoms with van der Waals surface area (Å²) in [5.41, 5.74) is 0. The fourth-order valence-corrected chi connectivity index (χ4v) is 7.23. The van der Waals surface area contributed by atoms with Crippen molar-refractivity contribution in [1.29, 1.82) is 0 Å². The highest BCUT2D eigenvalue weighted by Crippen LogP contribution is 2.19. The molecule has 52 heavy (non-hydrogen) atoms. The van der Waals surface area contributed by atoms with Gasteiger partial charge in [-0.1, -0.05) is 175 Å². The average molecular weight is 738 g/mol. The molecular weight excluding hydrogens is 647 g/mol. The molecule has 1 unspecified atom stereocenters. The highest BCUT2D eigenvalue weighted by Gasteiger charge is 2.14. The predicted octanol–water partition coefficient (Wildman–Crippen LogP) is 13.4. The predicted molar refractivity (Wildman–Crippen MR) is 223 cm³/mol. The number of rotatable bonds is 43. The number of nitrogens with zero attached hydrogens (tertiary/aromatic N) is 1. The van der Waals surface area contributed by atoms with Crippen molar-refractivity contribution in [3.63, 3.8) is 0 Å². The number of hydrogen-bond donors (Lipinski definition) is 1. The Bertz CT molecular complexity index is 732. The van der Waals surface area contributed by atoms with Gasteiger partial charge in [0.25, 0.3) is 0 Å². The zero-order chi connectivity index (χ0) is 38.0. The monoisotopic (exact) mass is 738 g/mol. The van der Waals surface area contributed by atoms with E-state index in [0.717, 1.165) is 96.7 Å². The molecule has 0 spiro atoms. The van der Waals surface area contributed by atoms with Crippen molar-refractivity contribution in [2.75, 3.05) is 32.8 Å². The number of unbranched alkanes of at least 4 members (excludes halogenated alkanes) is 26. The standard InChI is InChI=1S/C46H91NO5/c1-4-7-10-13-16-17-19-27-34-43-51-45(49)37-30-24-26-33-40-47(41-42-48)39-32-25-20-23-31-38-46(50)52-44(35-28-21-15-12-9-6-3)36-29-22-18-14-11-8-5-2/h44,48H,4-43H2,1-3H3. The molecule has 0 radical (unpaired) electrons. The van der Waals surface area contributed by atoms with Crippen LogP contribution in [0.15, 0.2) is 0 Å². The van der Waals surface area contributed by atoms with Gasteiger partial charge in [-0.2, -0.15) is 0 Å². The normalized spacial score (nSPS) is 12.1. The summed E-state index contributed by atoms with van der Waals surface area (Å²) in [5, 5.41) is 9.55. The van der Waals surface area contributed by atoms with Crippen LogP contribution in [0.1, 0.15) is 245 Å². The van der Waals surface area contributed by atoms with Crippen molar-refractivity contribution in [3.8, 4) is 0 Å². The zero-order valence-electron chi connectivity index (χ0n) is 35.4. The maximum atomic E-state index is 12.7. The van der Waals surface area contributed by atoms with Crippen molar-refractivity contribution in [2.45, 2.75) is 252 Å². The highest BCUT2D eigenvalue weighted by atomic mass is 16.5. The lowest BCUT2D eigenvalue weighted by Crippen LogP contribution is -2.29. The minimum Gasteiger partial charge on any atom is -0.466 e. The van der Waals surface area contributed by atoms with E-state index in [4.69, 9.17) is 9.47 Å². The van der Waals surface area contributed by atoms with Gasteiger partial charge in [-0.3, -0.25) is 9.59 Å². The van der Waals surface area contributed by atoms with Gasteiger partial charge in [0.1, 0.15) is 6.10 Å². The largest absolute Gasteiger partial charge is 0.466 e. The number of aliphatic hydroxyl groups is 1. The molecule has 0 amide bonds. The second-order valence-electron chi connectivity index (χ2n) is 15.9. The van der Waals surface area contributed by atoms with Gasteiger partial charge in [-0.25, -0.2) is 0 Å². The van der Waals surface area contributed by atoms with E-state index in [1.54, 1.807) is 0 Å². The van der Waals surface area contributed by atoms with Crippen molar-refractivity contribution in [1.82, 2.24) is 4.90 Å². The summed E-state index contributed by atoms with van der Waals surface area (Å²) in [6, 6.07) is 0. The molecule has 0 aliphatic heterocycles. The van der Waals surface area contributed by atoms with Gasteiger partial charge in [0.05, 0.1) is 13.2 Å². The molecule has 0 aliphatic carbocycles. The smallest absolute Gasteiger partial charge is 0.306 e. The molecule has 310 valence electrons. The lowest BCUT2D eigenvalue weighted by atomic mass is 10.0. The molecule has 0 aliphatic rings. The van der Waals surface area contributed by atoms with Gasteiger partial charge >= 0.3 is 11.9 Å². The Morgan fingerprint density at radius 2 is 0.808 bits per heavy atom. The number of esters is 2. The molecule has 6 heteroatoms. The van der Waals surface area contributed by atoms with Crippen LogP contribution in [0, 0.1) is 0 Å². The summed E-state index contributed by atoms with van der Waals surface area (Å²) in [4.78, 5) is 27.2. The fraction of sp³-hybridized carbons (Fsp3) is 0.957. The molecule has 0 aromatic rings. The second kappa shape index (κ2) is 42.6. The molecule has 6 nitrogen and oxygen atoms in total. The van der Waals surface area contributed by atoms with Crippen LogP contribution in [0.3, 0.4) is 0 Å². The van der Waals surface area contributed by atoms with Crippen LogP contribution >= 0.6 is 0 Å². The van der Waals surface area contributed by atoms with Crippen molar-refractivity contribution in [3.05, 3.63) is 0 Å². The SMILES string of the molecule is CCCCCCCCCCCOC(=O)CCCCCCN(CCO)CCCCCCCC(=O)OC(CCCCCCCC)CCCCCCCCC. The Labute approximate surface area is 324 Å². The Morgan fingerprint density at radius 1 is 0.442 bits per heavy atom. The van der Waals surface area contributed by atoms with Gasteiger partial charge < -0.3 is 19.5 Å². The Balaban J connectivity index is 3.95. The highest BCUT2D eigenvalue weighted by molar-refractivity contribution is 5.69. The Kier molecular flexibility index (Phi) is 41.7. The first-order valence-corrected chi connectivity index (χ1v) is 23.3. The molecule has 0 saturated heterocycles. The molecular formula is C46H91NO5. The van der Waals surface area contributed by atoms with Crippen LogP contribution in [0.25, 0.3) is 0 Å². The maximum Gasteiger partial charge on any atom is 0.306 e. The minimum absolute atomic E-state index is 0.0130. The van der Waals surface area contributed by atoms with E-state index in [0.29, 0.717) is 19.4 Å². The molecule has 1 N–H and O–H groups in total. The van der Waals surface area contributed by atoms with Gasteiger partial charge in [0.2, 0.25) is 0 Å². The van der Waals surface area contributed by atoms with E-state index < -0.39 is 0 Å². The fourth-order valence-electron chi connectivity index (χ4n) is 7.23. The number of aliphatic hydroxyl groups excluding tert-OH is 1. The Morgan fingerprint density at radius 3 is 1.25 bits per heavy atom. The van der Waals surface area contributed by atoms with E-state index >= 15 is 0 Å². The summed E-state index contributed by atoms with van der Waals surface area (Å²) in [6.07, 6.45) is 41.2. The first-order chi connectivity index (χ1) is 25.6. The van der Waals surface area contributed by atoms with E-state index in [9.17, 15) is 14.7 Å². The first kappa shape index (κ1) is 50.9. The van der Waals surface area contributed by atoms with Gasteiger partial charge in [0, 0.05) is 19.4 Å². The maximum absolute atomic E-state index is 12.7. The molecule has 0 bridgehead atoms. The van der Waals surface area contributed by atoms with Crippen LogP contribution in [0.4, 0.5) is 0 Å². The molecule has 0 aromatic carbocycles. The zero-order valence-corrected chi connectivity index (χ0v) is 35.4. The van der Waals surface area contributed by atoms with Crippen LogP contribution in [0.2, 0.25) is 0 Å². The van der Waals surface area contributed by atoms with Gasteiger partial charge in [0.15, 0.2) is 0 Å². The minimum atomic E-state index is -0.0372. The van der Waals surface area contributed by atoms with Crippen LogP contribution in [-0.2, 0) is 19.1 Å². The third-order valence-electron chi connectivity index (χ3n) is 10.7. The number of carbonyl (C=O) groups is 2. The quantitative estimate of drug-likeness (QED) is 0.0496. The lowest BCUT2D eigenvalue weighted by Gasteiger charge is -2.21. The van der Waals surface area contributed by atoms with E-state index in [2.05, 4.69) is 25.7 Å².